The minimum absolute atomic E-state index is 0.0733. The molecule has 0 aliphatic carbocycles. The molecule has 1 aliphatic rings. The summed E-state index contributed by atoms with van der Waals surface area (Å²) in [5.41, 5.74) is 7.35. The zero-order chi connectivity index (χ0) is 17.1. The Labute approximate surface area is 139 Å². The highest BCUT2D eigenvalue weighted by atomic mass is 16.2. The van der Waals surface area contributed by atoms with E-state index >= 15 is 0 Å². The third-order valence-electron chi connectivity index (χ3n) is 3.97. The molecule has 0 saturated heterocycles. The van der Waals surface area contributed by atoms with Crippen molar-refractivity contribution in [1.82, 2.24) is 15.8 Å². The smallest absolute Gasteiger partial charge is 0.286 e. The first-order valence-electron chi connectivity index (χ1n) is 7.77. The molecule has 24 heavy (non-hydrogen) atoms. The van der Waals surface area contributed by atoms with Crippen LogP contribution in [-0.2, 0) is 11.2 Å². The van der Waals surface area contributed by atoms with E-state index < -0.39 is 11.8 Å². The maximum Gasteiger partial charge on any atom is 0.286 e. The van der Waals surface area contributed by atoms with Gasteiger partial charge in [0, 0.05) is 30.4 Å². The van der Waals surface area contributed by atoms with Crippen molar-refractivity contribution in [3.05, 3.63) is 53.3 Å². The van der Waals surface area contributed by atoms with E-state index in [2.05, 4.69) is 15.8 Å². The van der Waals surface area contributed by atoms with Crippen molar-refractivity contribution in [2.24, 2.45) is 0 Å². The van der Waals surface area contributed by atoms with Gasteiger partial charge in [0.1, 0.15) is 5.69 Å². The van der Waals surface area contributed by atoms with Crippen molar-refractivity contribution in [3.63, 3.8) is 0 Å². The lowest BCUT2D eigenvalue weighted by atomic mass is 10.1. The molecule has 0 atom stereocenters. The number of nitrogens with one attached hydrogen (secondary N) is 3. The first kappa shape index (κ1) is 15.8. The molecule has 2 aromatic rings. The van der Waals surface area contributed by atoms with E-state index in [-0.39, 0.29) is 5.91 Å². The second kappa shape index (κ2) is 6.57. The van der Waals surface area contributed by atoms with Crippen molar-refractivity contribution in [2.75, 3.05) is 11.4 Å². The summed E-state index contributed by atoms with van der Waals surface area (Å²) in [6, 6.07) is 8.49. The van der Waals surface area contributed by atoms with Crippen molar-refractivity contribution < 1.29 is 14.4 Å². The van der Waals surface area contributed by atoms with Gasteiger partial charge in [0.15, 0.2) is 0 Å². The van der Waals surface area contributed by atoms with E-state index in [0.29, 0.717) is 24.2 Å². The van der Waals surface area contributed by atoms with E-state index in [9.17, 15) is 14.4 Å². The standard InChI is InChI=1S/C17H18N4O3/c1-2-15(22)21-9-7-11-10-12(5-6-14(11)21)16(23)19-20-17(24)13-4-3-8-18-13/h3-6,8,10,18H,2,7,9H2,1H3,(H,19,23)(H,20,24). The molecule has 0 spiro atoms. The van der Waals surface area contributed by atoms with Crippen LogP contribution in [0.4, 0.5) is 5.69 Å². The third-order valence-corrected chi connectivity index (χ3v) is 3.97. The molecule has 1 aromatic heterocycles. The van der Waals surface area contributed by atoms with Crippen LogP contribution in [0.3, 0.4) is 0 Å². The maximum absolute atomic E-state index is 12.2. The second-order valence-electron chi connectivity index (χ2n) is 5.48. The Balaban J connectivity index is 1.66. The number of fused-ring (bicyclic) bond motifs is 1. The monoisotopic (exact) mass is 326 g/mol. The highest BCUT2D eigenvalue weighted by Gasteiger charge is 2.24. The summed E-state index contributed by atoms with van der Waals surface area (Å²) < 4.78 is 0. The lowest BCUT2D eigenvalue weighted by Gasteiger charge is -2.16. The van der Waals surface area contributed by atoms with Crippen LogP contribution in [0.15, 0.2) is 36.5 Å². The van der Waals surface area contributed by atoms with Gasteiger partial charge in [-0.15, -0.1) is 0 Å². The largest absolute Gasteiger partial charge is 0.357 e. The summed E-state index contributed by atoms with van der Waals surface area (Å²) in [5.74, 6) is -0.753. The van der Waals surface area contributed by atoms with Crippen molar-refractivity contribution in [3.8, 4) is 0 Å². The summed E-state index contributed by atoms with van der Waals surface area (Å²) in [4.78, 5) is 40.3. The lowest BCUT2D eigenvalue weighted by Crippen LogP contribution is -2.41. The number of aromatic nitrogens is 1. The number of carbonyl (C=O) groups is 3. The Kier molecular flexibility index (Phi) is 4.33. The van der Waals surface area contributed by atoms with Gasteiger partial charge in [0.25, 0.3) is 11.8 Å². The number of benzene rings is 1. The van der Waals surface area contributed by atoms with Gasteiger partial charge in [0.2, 0.25) is 5.91 Å². The van der Waals surface area contributed by atoms with Crippen LogP contribution in [0.25, 0.3) is 0 Å². The fourth-order valence-electron chi connectivity index (χ4n) is 2.72. The van der Waals surface area contributed by atoms with Crippen LogP contribution in [-0.4, -0.2) is 29.3 Å². The van der Waals surface area contributed by atoms with Gasteiger partial charge in [-0.3, -0.25) is 25.2 Å². The Hall–Kier alpha value is -3.09. The molecule has 1 aromatic carbocycles. The van der Waals surface area contributed by atoms with Gasteiger partial charge in [-0.05, 0) is 42.3 Å². The number of hydrogen-bond donors (Lipinski definition) is 3. The number of nitrogens with zero attached hydrogens (tertiary/aromatic N) is 1. The zero-order valence-corrected chi connectivity index (χ0v) is 13.3. The molecule has 0 unspecified atom stereocenters. The molecule has 2 heterocycles. The molecule has 0 radical (unpaired) electrons. The Morgan fingerprint density at radius 1 is 1.17 bits per heavy atom. The molecule has 7 nitrogen and oxygen atoms in total. The number of hydrazine groups is 1. The number of H-pyrrole nitrogens is 1. The highest BCUT2D eigenvalue weighted by molar-refractivity contribution is 6.00. The van der Waals surface area contributed by atoms with Crippen LogP contribution in [0.5, 0.6) is 0 Å². The highest BCUT2D eigenvalue weighted by Crippen LogP contribution is 2.29. The quantitative estimate of drug-likeness (QED) is 0.744. The molecule has 124 valence electrons. The van der Waals surface area contributed by atoms with Crippen molar-refractivity contribution in [2.45, 2.75) is 19.8 Å². The zero-order valence-electron chi connectivity index (χ0n) is 13.3. The normalized spacial score (nSPS) is 12.6. The summed E-state index contributed by atoms with van der Waals surface area (Å²) in [6.45, 7) is 2.46. The summed E-state index contributed by atoms with van der Waals surface area (Å²) in [6.07, 6.45) is 2.80. The van der Waals surface area contributed by atoms with Gasteiger partial charge in [-0.2, -0.15) is 0 Å². The molecule has 7 heteroatoms. The molecule has 0 saturated carbocycles. The van der Waals surface area contributed by atoms with Crippen molar-refractivity contribution >= 4 is 23.4 Å². The van der Waals surface area contributed by atoms with Gasteiger partial charge < -0.3 is 9.88 Å². The van der Waals surface area contributed by atoms with E-state index in [0.717, 1.165) is 17.7 Å². The number of amides is 3. The van der Waals surface area contributed by atoms with Crippen LogP contribution in [0.2, 0.25) is 0 Å². The van der Waals surface area contributed by atoms with Gasteiger partial charge in [-0.25, -0.2) is 0 Å². The van der Waals surface area contributed by atoms with Crippen LogP contribution >= 0.6 is 0 Å². The predicted molar refractivity (Wildman–Crippen MR) is 88.5 cm³/mol. The van der Waals surface area contributed by atoms with Crippen LogP contribution in [0.1, 0.15) is 39.8 Å². The van der Waals surface area contributed by atoms with E-state index in [1.54, 1.807) is 41.4 Å². The molecular formula is C17H18N4O3. The summed E-state index contributed by atoms with van der Waals surface area (Å²) in [5, 5.41) is 0. The average molecular weight is 326 g/mol. The van der Waals surface area contributed by atoms with Crippen molar-refractivity contribution in [1.29, 1.82) is 0 Å². The summed E-state index contributed by atoms with van der Waals surface area (Å²) >= 11 is 0. The van der Waals surface area contributed by atoms with E-state index in [4.69, 9.17) is 0 Å². The minimum Gasteiger partial charge on any atom is -0.357 e. The topological polar surface area (TPSA) is 94.3 Å². The van der Waals surface area contributed by atoms with Crippen LogP contribution in [0, 0.1) is 0 Å². The molecule has 3 amide bonds. The Morgan fingerprint density at radius 2 is 1.96 bits per heavy atom. The molecule has 0 bridgehead atoms. The molecule has 0 fully saturated rings. The number of rotatable bonds is 3. The molecule has 3 N–H and O–H groups in total. The number of hydrogen-bond acceptors (Lipinski definition) is 3. The first-order chi connectivity index (χ1) is 11.6. The fourth-order valence-corrected chi connectivity index (χ4v) is 2.72. The number of carbonyl (C=O) groups excluding carboxylic acids is 3. The molecule has 1 aliphatic heterocycles. The third kappa shape index (κ3) is 3.01. The number of anilines is 1. The summed E-state index contributed by atoms with van der Waals surface area (Å²) in [7, 11) is 0. The second-order valence-corrected chi connectivity index (χ2v) is 5.48. The molecular weight excluding hydrogens is 308 g/mol. The SMILES string of the molecule is CCC(=O)N1CCc2cc(C(=O)NNC(=O)c3ccc[nH]3)ccc21. The van der Waals surface area contributed by atoms with E-state index in [1.165, 1.54) is 0 Å². The van der Waals surface area contributed by atoms with Gasteiger partial charge in [-0.1, -0.05) is 6.92 Å². The fraction of sp³-hybridized carbons (Fsp3) is 0.235. The maximum atomic E-state index is 12.2. The van der Waals surface area contributed by atoms with E-state index in [1.807, 2.05) is 6.92 Å². The van der Waals surface area contributed by atoms with Gasteiger partial charge in [0.05, 0.1) is 0 Å². The molecule has 3 rings (SSSR count). The number of aromatic amines is 1. The predicted octanol–water partition coefficient (Wildman–Crippen LogP) is 1.39. The van der Waals surface area contributed by atoms with Crippen LogP contribution < -0.4 is 15.8 Å². The minimum atomic E-state index is -0.422. The lowest BCUT2D eigenvalue weighted by molar-refractivity contribution is -0.118. The Morgan fingerprint density at radius 3 is 2.67 bits per heavy atom. The van der Waals surface area contributed by atoms with Gasteiger partial charge >= 0.3 is 0 Å². The first-order valence-corrected chi connectivity index (χ1v) is 7.77. The Bertz CT molecular complexity index is 783. The average Bonchev–Trinajstić information content (AvgIpc) is 3.27.